The molecule has 26 heavy (non-hydrogen) atoms. The third kappa shape index (κ3) is 5.24. The van der Waals surface area contributed by atoms with Gasteiger partial charge in [0, 0.05) is 18.6 Å². The highest BCUT2D eigenvalue weighted by Gasteiger charge is 2.07. The zero-order valence-electron chi connectivity index (χ0n) is 14.8. The summed E-state index contributed by atoms with van der Waals surface area (Å²) in [5.41, 5.74) is 8.22. The van der Waals surface area contributed by atoms with Crippen molar-refractivity contribution in [3.05, 3.63) is 55.1 Å². The van der Waals surface area contributed by atoms with Crippen LogP contribution in [-0.4, -0.2) is 19.9 Å². The van der Waals surface area contributed by atoms with Gasteiger partial charge in [0.25, 0.3) is 0 Å². The van der Waals surface area contributed by atoms with Gasteiger partial charge in [-0.1, -0.05) is 44.6 Å². The third-order valence-electron chi connectivity index (χ3n) is 4.18. The van der Waals surface area contributed by atoms with Crippen molar-refractivity contribution in [1.82, 2.24) is 19.9 Å². The summed E-state index contributed by atoms with van der Waals surface area (Å²) in [5.74, 6) is 0.806. The number of anilines is 3. The number of hydrogen-bond donors (Lipinski definition) is 2. The van der Waals surface area contributed by atoms with Crippen LogP contribution >= 0.6 is 0 Å². The van der Waals surface area contributed by atoms with Crippen molar-refractivity contribution in [2.24, 2.45) is 0 Å². The first-order valence-corrected chi connectivity index (χ1v) is 9.04. The van der Waals surface area contributed by atoms with E-state index in [1.165, 1.54) is 38.5 Å². The lowest BCUT2D eigenvalue weighted by molar-refractivity contribution is 0.504. The number of nitrogen functional groups attached to an aromatic ring is 1. The second-order valence-corrected chi connectivity index (χ2v) is 6.20. The molecule has 4 rings (SSSR count). The maximum absolute atomic E-state index is 5.96. The average molecular weight is 348 g/mol. The molecule has 3 aromatic rings. The van der Waals surface area contributed by atoms with E-state index in [9.17, 15) is 0 Å². The Hall–Kier alpha value is -3.02. The van der Waals surface area contributed by atoms with Gasteiger partial charge in [0.2, 0.25) is 5.95 Å². The van der Waals surface area contributed by atoms with E-state index in [0.717, 1.165) is 11.4 Å². The van der Waals surface area contributed by atoms with Crippen molar-refractivity contribution in [1.29, 1.82) is 0 Å². The van der Waals surface area contributed by atoms with Gasteiger partial charge in [-0.15, -0.1) is 0 Å². The van der Waals surface area contributed by atoms with E-state index in [1.54, 1.807) is 24.8 Å². The van der Waals surface area contributed by atoms with Crippen LogP contribution in [0.3, 0.4) is 0 Å². The summed E-state index contributed by atoms with van der Waals surface area (Å²) in [6.45, 7) is 0. The molecule has 3 heterocycles. The Morgan fingerprint density at radius 1 is 0.808 bits per heavy atom. The van der Waals surface area contributed by atoms with Crippen LogP contribution in [0.15, 0.2) is 55.1 Å². The molecule has 6 nitrogen and oxygen atoms in total. The van der Waals surface area contributed by atoms with Crippen LogP contribution in [0, 0.1) is 0 Å². The molecule has 0 amide bonds. The molecule has 3 aromatic heterocycles. The normalized spacial score (nSPS) is 13.4. The summed E-state index contributed by atoms with van der Waals surface area (Å²) in [7, 11) is 0. The largest absolute Gasteiger partial charge is 0.383 e. The molecule has 1 fully saturated rings. The van der Waals surface area contributed by atoms with Gasteiger partial charge in [0.05, 0.1) is 23.1 Å². The number of nitrogens with two attached hydrogens (primary N) is 1. The van der Waals surface area contributed by atoms with Gasteiger partial charge in [-0.2, -0.15) is 4.98 Å². The first kappa shape index (κ1) is 17.8. The number of pyridine rings is 2. The topological polar surface area (TPSA) is 89.6 Å². The molecule has 6 heteroatoms. The first-order chi connectivity index (χ1) is 12.8. The lowest BCUT2D eigenvalue weighted by atomic mass is 10.0. The predicted octanol–water partition coefficient (Wildman–Crippen LogP) is 4.60. The Bertz CT molecular complexity index is 776. The van der Waals surface area contributed by atoms with Crippen molar-refractivity contribution in [2.45, 2.75) is 38.5 Å². The Balaban J connectivity index is 0.000000278. The molecule has 134 valence electrons. The van der Waals surface area contributed by atoms with Crippen LogP contribution < -0.4 is 11.1 Å². The zero-order valence-corrected chi connectivity index (χ0v) is 14.8. The van der Waals surface area contributed by atoms with E-state index in [2.05, 4.69) is 25.3 Å². The summed E-state index contributed by atoms with van der Waals surface area (Å²) >= 11 is 0. The lowest BCUT2D eigenvalue weighted by Gasteiger charge is -2.07. The molecule has 0 aromatic carbocycles. The molecule has 0 atom stereocenters. The Morgan fingerprint density at radius 3 is 2.15 bits per heavy atom. The smallest absolute Gasteiger partial charge is 0.229 e. The number of hydrogen-bond acceptors (Lipinski definition) is 6. The number of aromatic nitrogens is 4. The van der Waals surface area contributed by atoms with Crippen molar-refractivity contribution >= 4 is 17.5 Å². The highest BCUT2D eigenvalue weighted by Crippen LogP contribution is 2.23. The van der Waals surface area contributed by atoms with Crippen molar-refractivity contribution in [3.8, 4) is 11.3 Å². The van der Waals surface area contributed by atoms with Gasteiger partial charge >= 0.3 is 0 Å². The highest BCUT2D eigenvalue weighted by molar-refractivity contribution is 5.71. The van der Waals surface area contributed by atoms with Crippen molar-refractivity contribution in [3.63, 3.8) is 0 Å². The van der Waals surface area contributed by atoms with Gasteiger partial charge in [-0.25, -0.2) is 4.98 Å². The van der Waals surface area contributed by atoms with Gasteiger partial charge < -0.3 is 11.1 Å². The fourth-order valence-electron chi connectivity index (χ4n) is 2.80. The second-order valence-electron chi connectivity index (χ2n) is 6.20. The maximum Gasteiger partial charge on any atom is 0.229 e. The Morgan fingerprint density at radius 2 is 1.58 bits per heavy atom. The average Bonchev–Trinajstić information content (AvgIpc) is 2.71. The first-order valence-electron chi connectivity index (χ1n) is 9.04. The molecule has 1 aliphatic rings. The molecular weight excluding hydrogens is 324 g/mol. The SMILES string of the molecule is C1CCCCC1.Nc1nc(Nc2cccnc2)ncc1-c1ccccn1. The number of nitrogens with one attached hydrogen (secondary N) is 1. The number of nitrogens with zero attached hydrogens (tertiary/aromatic N) is 4. The van der Waals surface area contributed by atoms with Crippen LogP contribution in [0.4, 0.5) is 17.5 Å². The van der Waals surface area contributed by atoms with Crippen LogP contribution in [0.25, 0.3) is 11.3 Å². The minimum Gasteiger partial charge on any atom is -0.383 e. The minimum atomic E-state index is 0.380. The summed E-state index contributed by atoms with van der Waals surface area (Å²) in [5, 5.41) is 3.04. The van der Waals surface area contributed by atoms with E-state index in [0.29, 0.717) is 17.3 Å². The molecule has 0 unspecified atom stereocenters. The van der Waals surface area contributed by atoms with Gasteiger partial charge in [-0.05, 0) is 24.3 Å². The van der Waals surface area contributed by atoms with E-state index in [1.807, 2.05) is 30.3 Å². The molecule has 0 aliphatic heterocycles. The summed E-state index contributed by atoms with van der Waals surface area (Å²) in [6, 6.07) is 9.30. The molecule has 0 radical (unpaired) electrons. The van der Waals surface area contributed by atoms with Crippen LogP contribution in [0.5, 0.6) is 0 Å². The Labute approximate surface area is 154 Å². The van der Waals surface area contributed by atoms with Crippen molar-refractivity contribution in [2.75, 3.05) is 11.1 Å². The molecule has 0 saturated heterocycles. The summed E-state index contributed by atoms with van der Waals surface area (Å²) in [4.78, 5) is 16.7. The maximum atomic E-state index is 5.96. The monoisotopic (exact) mass is 348 g/mol. The predicted molar refractivity (Wildman–Crippen MR) is 105 cm³/mol. The third-order valence-corrected chi connectivity index (χ3v) is 4.18. The molecule has 0 spiro atoms. The van der Waals surface area contributed by atoms with E-state index < -0.39 is 0 Å². The number of rotatable bonds is 3. The standard InChI is InChI=1S/C14H12N6.C6H12/c15-13-11(12-5-1-2-7-17-12)9-18-14(20-13)19-10-4-3-6-16-8-10;1-2-4-6-5-3-1/h1-9H,(H3,15,18,19,20);1-6H2. The molecule has 3 N–H and O–H groups in total. The fraction of sp³-hybridized carbons (Fsp3) is 0.300. The second kappa shape index (κ2) is 9.46. The van der Waals surface area contributed by atoms with Gasteiger partial charge in [0.1, 0.15) is 5.82 Å². The van der Waals surface area contributed by atoms with Gasteiger partial charge in [0.15, 0.2) is 0 Å². The minimum absolute atomic E-state index is 0.380. The highest BCUT2D eigenvalue weighted by atomic mass is 15.1. The van der Waals surface area contributed by atoms with E-state index in [4.69, 9.17) is 5.73 Å². The van der Waals surface area contributed by atoms with Gasteiger partial charge in [-0.3, -0.25) is 9.97 Å². The van der Waals surface area contributed by atoms with Crippen LogP contribution in [0.2, 0.25) is 0 Å². The molecule has 1 saturated carbocycles. The summed E-state index contributed by atoms with van der Waals surface area (Å²) < 4.78 is 0. The van der Waals surface area contributed by atoms with Crippen LogP contribution in [0.1, 0.15) is 38.5 Å². The van der Waals surface area contributed by atoms with Crippen molar-refractivity contribution < 1.29 is 0 Å². The fourth-order valence-corrected chi connectivity index (χ4v) is 2.80. The quantitative estimate of drug-likeness (QED) is 0.719. The molecular formula is C20H24N6. The zero-order chi connectivity index (χ0) is 18.0. The van der Waals surface area contributed by atoms with E-state index >= 15 is 0 Å². The van der Waals surface area contributed by atoms with E-state index in [-0.39, 0.29) is 0 Å². The Kier molecular flexibility index (Phi) is 6.47. The lowest BCUT2D eigenvalue weighted by Crippen LogP contribution is -2.02. The molecule has 0 bridgehead atoms. The van der Waals surface area contributed by atoms with Crippen LogP contribution in [-0.2, 0) is 0 Å². The summed E-state index contributed by atoms with van der Waals surface area (Å²) in [6.07, 6.45) is 15.7. The molecule has 1 aliphatic carbocycles.